The predicted molar refractivity (Wildman–Crippen MR) is 168 cm³/mol. The second-order valence-corrected chi connectivity index (χ2v) is 11.5. The largest absolute Gasteiger partial charge is 0.489 e. The molecule has 44 heavy (non-hydrogen) atoms. The number of carbonyl (C=O) groups excluding carboxylic acids is 2. The SMILES string of the molecule is CCOC(=O)Cc1ccc(-c2cnn(C)c2)cc1OCc1cc(-c2cccc(CNC(=O)OC(C)(C)C)c2)c2occc2c1. The van der Waals surface area contributed by atoms with Crippen LogP contribution in [-0.2, 0) is 40.9 Å². The highest BCUT2D eigenvalue weighted by Crippen LogP contribution is 2.33. The number of esters is 1. The minimum Gasteiger partial charge on any atom is -0.489 e. The number of ether oxygens (including phenoxy) is 3. The van der Waals surface area contributed by atoms with E-state index < -0.39 is 11.7 Å². The molecule has 228 valence electrons. The highest BCUT2D eigenvalue weighted by Gasteiger charge is 2.17. The smallest absolute Gasteiger partial charge is 0.407 e. The number of nitrogens with zero attached hydrogens (tertiary/aromatic N) is 2. The maximum Gasteiger partial charge on any atom is 0.407 e. The van der Waals surface area contributed by atoms with Gasteiger partial charge in [-0.05, 0) is 80.3 Å². The average molecular weight is 596 g/mol. The third-order valence-electron chi connectivity index (χ3n) is 6.82. The van der Waals surface area contributed by atoms with Crippen molar-refractivity contribution in [3.63, 3.8) is 0 Å². The lowest BCUT2D eigenvalue weighted by Gasteiger charge is -2.19. The Morgan fingerprint density at radius 3 is 2.57 bits per heavy atom. The summed E-state index contributed by atoms with van der Waals surface area (Å²) in [5.74, 6) is 0.290. The van der Waals surface area contributed by atoms with Gasteiger partial charge in [-0.25, -0.2) is 4.79 Å². The monoisotopic (exact) mass is 595 g/mol. The number of aryl methyl sites for hydroxylation is 1. The lowest BCUT2D eigenvalue weighted by Crippen LogP contribution is -2.32. The van der Waals surface area contributed by atoms with Crippen molar-refractivity contribution < 1.29 is 28.2 Å². The van der Waals surface area contributed by atoms with Gasteiger partial charge >= 0.3 is 12.1 Å². The quantitative estimate of drug-likeness (QED) is 0.170. The van der Waals surface area contributed by atoms with Gasteiger partial charge in [0.1, 0.15) is 23.5 Å². The van der Waals surface area contributed by atoms with Crippen LogP contribution in [0.15, 0.2) is 83.7 Å². The summed E-state index contributed by atoms with van der Waals surface area (Å²) >= 11 is 0. The molecule has 5 rings (SSSR count). The highest BCUT2D eigenvalue weighted by molar-refractivity contribution is 5.93. The highest BCUT2D eigenvalue weighted by atomic mass is 16.6. The van der Waals surface area contributed by atoms with Crippen LogP contribution in [0.4, 0.5) is 4.79 Å². The van der Waals surface area contributed by atoms with Crippen LogP contribution in [0.5, 0.6) is 5.75 Å². The number of benzene rings is 3. The molecule has 0 aliphatic heterocycles. The number of fused-ring (bicyclic) bond motifs is 1. The van der Waals surface area contributed by atoms with Gasteiger partial charge in [0.15, 0.2) is 0 Å². The molecule has 3 aromatic carbocycles. The summed E-state index contributed by atoms with van der Waals surface area (Å²) in [4.78, 5) is 24.5. The third-order valence-corrected chi connectivity index (χ3v) is 6.82. The Hall–Kier alpha value is -5.05. The van der Waals surface area contributed by atoms with Crippen molar-refractivity contribution >= 4 is 23.0 Å². The van der Waals surface area contributed by atoms with E-state index in [4.69, 9.17) is 18.6 Å². The Bertz CT molecular complexity index is 1780. The van der Waals surface area contributed by atoms with Gasteiger partial charge in [-0.2, -0.15) is 5.10 Å². The van der Waals surface area contributed by atoms with Crippen LogP contribution in [0, 0.1) is 0 Å². The average Bonchev–Trinajstić information content (AvgIpc) is 3.63. The number of carbonyl (C=O) groups is 2. The molecule has 1 N–H and O–H groups in total. The van der Waals surface area contributed by atoms with Crippen LogP contribution in [0.25, 0.3) is 33.2 Å². The van der Waals surface area contributed by atoms with E-state index in [2.05, 4.69) is 10.4 Å². The van der Waals surface area contributed by atoms with Crippen molar-refractivity contribution in [3.8, 4) is 28.0 Å². The van der Waals surface area contributed by atoms with E-state index in [1.807, 2.05) is 94.7 Å². The lowest BCUT2D eigenvalue weighted by molar-refractivity contribution is -0.142. The molecule has 0 atom stereocenters. The van der Waals surface area contributed by atoms with Gasteiger partial charge in [0.2, 0.25) is 0 Å². The second-order valence-electron chi connectivity index (χ2n) is 11.5. The molecular formula is C35H37N3O6. The molecule has 5 aromatic rings. The minimum atomic E-state index is -0.570. The Morgan fingerprint density at radius 2 is 1.82 bits per heavy atom. The molecule has 9 nitrogen and oxygen atoms in total. The number of hydrogen-bond acceptors (Lipinski definition) is 7. The number of hydrogen-bond donors (Lipinski definition) is 1. The maximum absolute atomic E-state index is 12.4. The molecule has 9 heteroatoms. The first-order valence-corrected chi connectivity index (χ1v) is 14.5. The van der Waals surface area contributed by atoms with Crippen molar-refractivity contribution in [3.05, 3.63) is 96.0 Å². The molecule has 0 aliphatic rings. The van der Waals surface area contributed by atoms with Crippen LogP contribution in [0.2, 0.25) is 0 Å². The van der Waals surface area contributed by atoms with Crippen molar-refractivity contribution in [2.45, 2.75) is 52.9 Å². The van der Waals surface area contributed by atoms with Gasteiger partial charge in [-0.1, -0.05) is 30.3 Å². The molecule has 0 fully saturated rings. The molecule has 2 heterocycles. The predicted octanol–water partition coefficient (Wildman–Crippen LogP) is 7.21. The van der Waals surface area contributed by atoms with Gasteiger partial charge in [0, 0.05) is 41.9 Å². The fraction of sp³-hybridized carbons (Fsp3) is 0.286. The van der Waals surface area contributed by atoms with E-state index in [1.165, 1.54) is 0 Å². The topological polar surface area (TPSA) is 105 Å². The first kappa shape index (κ1) is 30.4. The van der Waals surface area contributed by atoms with Crippen LogP contribution >= 0.6 is 0 Å². The fourth-order valence-corrected chi connectivity index (χ4v) is 4.89. The molecule has 0 unspecified atom stereocenters. The van der Waals surface area contributed by atoms with Crippen molar-refractivity contribution in [1.82, 2.24) is 15.1 Å². The van der Waals surface area contributed by atoms with E-state index in [0.717, 1.165) is 49.9 Å². The van der Waals surface area contributed by atoms with Crippen LogP contribution in [0.3, 0.4) is 0 Å². The van der Waals surface area contributed by atoms with Crippen molar-refractivity contribution in [1.29, 1.82) is 0 Å². The molecule has 0 bridgehead atoms. The molecule has 0 saturated heterocycles. The fourth-order valence-electron chi connectivity index (χ4n) is 4.89. The molecule has 0 saturated carbocycles. The first-order valence-electron chi connectivity index (χ1n) is 14.5. The molecule has 0 aliphatic carbocycles. The van der Waals surface area contributed by atoms with Gasteiger partial charge in [-0.3, -0.25) is 9.48 Å². The first-order chi connectivity index (χ1) is 21.1. The Kier molecular flexibility index (Phi) is 9.04. The number of furan rings is 1. The summed E-state index contributed by atoms with van der Waals surface area (Å²) in [5.41, 5.74) is 6.51. The van der Waals surface area contributed by atoms with E-state index in [0.29, 0.717) is 18.9 Å². The zero-order valence-corrected chi connectivity index (χ0v) is 25.7. The number of nitrogens with one attached hydrogen (secondary N) is 1. The minimum absolute atomic E-state index is 0.104. The molecule has 2 aromatic heterocycles. The molecular weight excluding hydrogens is 558 g/mol. The van der Waals surface area contributed by atoms with Gasteiger partial charge in [0.25, 0.3) is 0 Å². The van der Waals surface area contributed by atoms with Crippen LogP contribution in [0.1, 0.15) is 44.4 Å². The number of alkyl carbamates (subject to hydrolysis) is 1. The molecule has 0 radical (unpaired) electrons. The van der Waals surface area contributed by atoms with E-state index >= 15 is 0 Å². The normalized spacial score (nSPS) is 11.4. The van der Waals surface area contributed by atoms with Crippen LogP contribution in [-0.4, -0.2) is 34.1 Å². The summed E-state index contributed by atoms with van der Waals surface area (Å²) in [5, 5.41) is 8.04. The standard InChI is InChI=1S/C35H37N3O6/c1-6-41-32(39)18-27-11-10-25(29-20-37-38(5)21-29)17-31(27)43-22-24-15-28-12-13-42-33(28)30(16-24)26-9-7-8-23(14-26)19-36-34(40)44-35(2,3)4/h7-17,20-21H,6,18-19,22H2,1-5H3,(H,36,40). The van der Waals surface area contributed by atoms with Gasteiger partial charge in [-0.15, -0.1) is 0 Å². The number of rotatable bonds is 10. The van der Waals surface area contributed by atoms with E-state index in [9.17, 15) is 9.59 Å². The van der Waals surface area contributed by atoms with E-state index in [-0.39, 0.29) is 19.0 Å². The zero-order valence-electron chi connectivity index (χ0n) is 25.7. The molecule has 0 spiro atoms. The van der Waals surface area contributed by atoms with Gasteiger partial charge < -0.3 is 23.9 Å². The third kappa shape index (κ3) is 7.66. The maximum atomic E-state index is 12.4. The van der Waals surface area contributed by atoms with Gasteiger partial charge in [0.05, 0.1) is 25.5 Å². The van der Waals surface area contributed by atoms with Crippen molar-refractivity contribution in [2.75, 3.05) is 6.61 Å². The molecule has 1 amide bonds. The summed E-state index contributed by atoms with van der Waals surface area (Å²) in [6.07, 6.45) is 5.03. The Balaban J connectivity index is 1.40. The summed E-state index contributed by atoms with van der Waals surface area (Å²) in [7, 11) is 1.87. The summed E-state index contributed by atoms with van der Waals surface area (Å²) in [6, 6.07) is 19.7. The second kappa shape index (κ2) is 13.1. The summed E-state index contributed by atoms with van der Waals surface area (Å²) < 4.78 is 24.6. The van der Waals surface area contributed by atoms with Crippen molar-refractivity contribution in [2.24, 2.45) is 7.05 Å². The lowest BCUT2D eigenvalue weighted by atomic mass is 9.99. The number of amides is 1. The van der Waals surface area contributed by atoms with Crippen LogP contribution < -0.4 is 10.1 Å². The zero-order chi connectivity index (χ0) is 31.3. The number of aromatic nitrogens is 2. The summed E-state index contributed by atoms with van der Waals surface area (Å²) in [6.45, 7) is 8.18. The Morgan fingerprint density at radius 1 is 0.977 bits per heavy atom. The van der Waals surface area contributed by atoms with E-state index in [1.54, 1.807) is 24.1 Å². The Labute approximate surface area is 256 Å².